The van der Waals surface area contributed by atoms with Crippen LogP contribution < -0.4 is 0 Å². The average molecular weight is 553 g/mol. The van der Waals surface area contributed by atoms with E-state index >= 15 is 0 Å². The molecular formula is C19H18N8Pt. The Morgan fingerprint density at radius 3 is 1.54 bits per heavy atom. The Morgan fingerprint density at radius 2 is 1.18 bits per heavy atom. The number of hydrogen-bond donors (Lipinski definition) is 0. The quantitative estimate of drug-likeness (QED) is 0.360. The summed E-state index contributed by atoms with van der Waals surface area (Å²) >= 11 is 0. The molecule has 0 amide bonds. The first kappa shape index (κ1) is 20.0. The standard InChI is InChI=1S/C19H18N8.Pt/c1-19(2,17-9-5-7-13(20-17)15-11-26(3)24-22-15)18-10-6-8-14(21-18)16-12-27(4)25-23-16;/h5-10H,1-4H3;/q-2;+2. The van der Waals surface area contributed by atoms with Crippen LogP contribution in [0.25, 0.3) is 22.8 Å². The van der Waals surface area contributed by atoms with Crippen LogP contribution in [0.15, 0.2) is 36.4 Å². The van der Waals surface area contributed by atoms with Gasteiger partial charge in [-0.05, 0) is 37.4 Å². The molecule has 0 atom stereocenters. The fraction of sp³-hybridized carbons (Fsp3) is 0.263. The molecule has 28 heavy (non-hydrogen) atoms. The molecule has 0 spiro atoms. The van der Waals surface area contributed by atoms with E-state index in [1.54, 1.807) is 14.1 Å². The van der Waals surface area contributed by atoms with Crippen molar-refractivity contribution in [3.63, 3.8) is 0 Å². The molecule has 4 aromatic heterocycles. The van der Waals surface area contributed by atoms with Crippen molar-refractivity contribution in [1.82, 2.24) is 40.0 Å². The zero-order valence-electron chi connectivity index (χ0n) is 15.9. The fourth-order valence-corrected chi connectivity index (χ4v) is 2.80. The molecule has 0 N–H and O–H groups in total. The van der Waals surface area contributed by atoms with E-state index in [9.17, 15) is 0 Å². The van der Waals surface area contributed by atoms with Gasteiger partial charge in [0.1, 0.15) is 0 Å². The molecular weight excluding hydrogens is 535 g/mol. The van der Waals surface area contributed by atoms with Crippen molar-refractivity contribution in [2.24, 2.45) is 14.1 Å². The van der Waals surface area contributed by atoms with Crippen LogP contribution in [-0.4, -0.2) is 40.0 Å². The number of nitrogens with zero attached hydrogens (tertiary/aromatic N) is 8. The van der Waals surface area contributed by atoms with Gasteiger partial charge in [-0.15, -0.1) is 24.5 Å². The van der Waals surface area contributed by atoms with Crippen LogP contribution in [-0.2, 0) is 40.6 Å². The Balaban J connectivity index is 0.00000225. The van der Waals surface area contributed by atoms with Crippen molar-refractivity contribution in [1.29, 1.82) is 0 Å². The van der Waals surface area contributed by atoms with Crippen LogP contribution in [0.3, 0.4) is 0 Å². The van der Waals surface area contributed by atoms with E-state index in [2.05, 4.69) is 46.9 Å². The molecule has 0 aliphatic heterocycles. The average Bonchev–Trinajstić information content (AvgIpc) is 3.30. The predicted molar refractivity (Wildman–Crippen MR) is 98.3 cm³/mol. The second kappa shape index (κ2) is 7.71. The summed E-state index contributed by atoms with van der Waals surface area (Å²) in [6.45, 7) is 4.18. The summed E-state index contributed by atoms with van der Waals surface area (Å²) in [5.74, 6) is 0. The minimum atomic E-state index is -0.420. The van der Waals surface area contributed by atoms with Crippen LogP contribution in [0.1, 0.15) is 25.2 Å². The minimum Gasteiger partial charge on any atom is -0.345 e. The maximum absolute atomic E-state index is 4.78. The summed E-state index contributed by atoms with van der Waals surface area (Å²) in [6, 6.07) is 11.7. The van der Waals surface area contributed by atoms with Crippen LogP contribution in [0.4, 0.5) is 0 Å². The largest absolute Gasteiger partial charge is 2.00 e. The maximum atomic E-state index is 4.78. The van der Waals surface area contributed by atoms with Gasteiger partial charge in [0.25, 0.3) is 0 Å². The third-order valence-corrected chi connectivity index (χ3v) is 4.36. The third kappa shape index (κ3) is 3.78. The second-order valence-electron chi connectivity index (χ2n) is 6.79. The molecule has 0 bridgehead atoms. The summed E-state index contributed by atoms with van der Waals surface area (Å²) in [5, 5.41) is 16.1. The summed E-state index contributed by atoms with van der Waals surface area (Å²) in [4.78, 5) is 9.57. The molecule has 9 heteroatoms. The number of aryl methyl sites for hydroxylation is 2. The smallest absolute Gasteiger partial charge is 0.345 e. The van der Waals surface area contributed by atoms with E-state index in [-0.39, 0.29) is 21.1 Å². The topological polar surface area (TPSA) is 87.2 Å². The van der Waals surface area contributed by atoms with Gasteiger partial charge in [-0.1, -0.05) is 33.9 Å². The SMILES string of the molecule is Cn1[c-]c(-c2cccc(C(C)(C)c3cccc(-c4[c-]n(C)nn4)n3)n2)nn1.[Pt+2]. The Bertz CT molecular complexity index is 1010. The molecule has 0 aliphatic carbocycles. The van der Waals surface area contributed by atoms with Crippen LogP contribution >= 0.6 is 0 Å². The molecule has 4 rings (SSSR count). The molecule has 0 radical (unpaired) electrons. The van der Waals surface area contributed by atoms with Gasteiger partial charge in [0.05, 0.1) is 0 Å². The van der Waals surface area contributed by atoms with Gasteiger partial charge >= 0.3 is 21.1 Å². The van der Waals surface area contributed by atoms with Crippen molar-refractivity contribution < 1.29 is 21.1 Å². The molecule has 0 aliphatic rings. The Morgan fingerprint density at radius 1 is 0.750 bits per heavy atom. The van der Waals surface area contributed by atoms with Crippen molar-refractivity contribution in [2.75, 3.05) is 0 Å². The number of pyridine rings is 2. The van der Waals surface area contributed by atoms with Gasteiger partial charge in [0, 0.05) is 30.9 Å². The van der Waals surface area contributed by atoms with Crippen LogP contribution in [0, 0.1) is 12.4 Å². The second-order valence-corrected chi connectivity index (χ2v) is 6.79. The van der Waals surface area contributed by atoms with E-state index in [0.717, 1.165) is 22.8 Å². The summed E-state index contributed by atoms with van der Waals surface area (Å²) in [5.41, 5.74) is 4.03. The first-order chi connectivity index (χ1) is 12.9. The van der Waals surface area contributed by atoms with E-state index in [0.29, 0.717) is 11.4 Å². The first-order valence-corrected chi connectivity index (χ1v) is 8.47. The summed E-state index contributed by atoms with van der Waals surface area (Å²) < 4.78 is 3.08. The van der Waals surface area contributed by atoms with Gasteiger partial charge in [0.2, 0.25) is 0 Å². The van der Waals surface area contributed by atoms with Crippen LogP contribution in [0.5, 0.6) is 0 Å². The molecule has 0 aromatic carbocycles. The van der Waals surface area contributed by atoms with Gasteiger partial charge in [-0.2, -0.15) is 10.2 Å². The number of rotatable bonds is 4. The minimum absolute atomic E-state index is 0. The monoisotopic (exact) mass is 553 g/mol. The molecule has 4 aromatic rings. The Hall–Kier alpha value is -2.73. The third-order valence-electron chi connectivity index (χ3n) is 4.36. The predicted octanol–water partition coefficient (Wildman–Crippen LogP) is 1.99. The van der Waals surface area contributed by atoms with Crippen molar-refractivity contribution in [2.45, 2.75) is 19.3 Å². The summed E-state index contributed by atoms with van der Waals surface area (Å²) in [7, 11) is 3.56. The Labute approximate surface area is 177 Å². The fourth-order valence-electron chi connectivity index (χ4n) is 2.80. The molecule has 0 fully saturated rings. The number of hydrogen-bond acceptors (Lipinski definition) is 6. The maximum Gasteiger partial charge on any atom is 2.00 e. The van der Waals surface area contributed by atoms with Gasteiger partial charge in [-0.25, -0.2) is 0 Å². The van der Waals surface area contributed by atoms with Gasteiger partial charge in [-0.3, -0.25) is 0 Å². The molecule has 4 heterocycles. The number of aromatic nitrogens is 8. The molecule has 8 nitrogen and oxygen atoms in total. The molecule has 144 valence electrons. The van der Waals surface area contributed by atoms with E-state index in [1.807, 2.05) is 36.4 Å². The summed E-state index contributed by atoms with van der Waals surface area (Å²) in [6.07, 6.45) is 6.08. The first-order valence-electron chi connectivity index (χ1n) is 8.47. The molecule has 0 saturated heterocycles. The zero-order valence-corrected chi connectivity index (χ0v) is 18.1. The van der Waals surface area contributed by atoms with E-state index in [4.69, 9.17) is 9.97 Å². The van der Waals surface area contributed by atoms with Crippen molar-refractivity contribution in [3.05, 3.63) is 60.2 Å². The van der Waals surface area contributed by atoms with Crippen molar-refractivity contribution in [3.8, 4) is 22.8 Å². The van der Waals surface area contributed by atoms with Gasteiger partial charge in [0.15, 0.2) is 0 Å². The molecule has 0 saturated carbocycles. The Kier molecular flexibility index (Phi) is 5.51. The van der Waals surface area contributed by atoms with Crippen molar-refractivity contribution >= 4 is 0 Å². The van der Waals surface area contributed by atoms with E-state index in [1.165, 1.54) is 9.36 Å². The van der Waals surface area contributed by atoms with E-state index < -0.39 is 5.41 Å². The van der Waals surface area contributed by atoms with Crippen LogP contribution in [0.2, 0.25) is 0 Å². The zero-order chi connectivity index (χ0) is 19.0. The van der Waals surface area contributed by atoms with Gasteiger partial charge < -0.3 is 19.3 Å². The normalized spacial score (nSPS) is 11.3. The molecule has 0 unspecified atom stereocenters.